The quantitative estimate of drug-likeness (QED) is 0.611. The van der Waals surface area contributed by atoms with Gasteiger partial charge in [-0.1, -0.05) is 36.4 Å². The monoisotopic (exact) mass is 414 g/mol. The largest absolute Gasteiger partial charge is 0.387 e. The van der Waals surface area contributed by atoms with E-state index in [0.717, 1.165) is 67.4 Å². The smallest absolute Gasteiger partial charge is 0.123 e. The maximum absolute atomic E-state index is 13.5. The molecule has 2 aromatic carbocycles. The van der Waals surface area contributed by atoms with Crippen LogP contribution in [0, 0.1) is 5.82 Å². The maximum atomic E-state index is 13.5. The lowest BCUT2D eigenvalue weighted by Crippen LogP contribution is -2.32. The minimum Gasteiger partial charge on any atom is -0.387 e. The molecular formula is C26H27FN4. The molecule has 1 fully saturated rings. The highest BCUT2D eigenvalue weighted by atomic mass is 19.1. The maximum Gasteiger partial charge on any atom is 0.123 e. The summed E-state index contributed by atoms with van der Waals surface area (Å²) in [5.41, 5.74) is 5.35. The number of nitrogens with zero attached hydrogens (tertiary/aromatic N) is 2. The van der Waals surface area contributed by atoms with E-state index in [1.165, 1.54) is 17.7 Å². The first-order valence-corrected chi connectivity index (χ1v) is 11.0. The number of nitrogens with one attached hydrogen (secondary N) is 2. The highest BCUT2D eigenvalue weighted by Gasteiger charge is 2.25. The molecule has 2 aliphatic rings. The van der Waals surface area contributed by atoms with Gasteiger partial charge in [0.1, 0.15) is 11.6 Å². The number of hydrogen-bond donors (Lipinski definition) is 2. The highest BCUT2D eigenvalue weighted by molar-refractivity contribution is 5.82. The van der Waals surface area contributed by atoms with Crippen LogP contribution in [0.4, 0.5) is 4.39 Å². The molecule has 158 valence electrons. The number of dihydropyridines is 1. The molecule has 4 nitrogen and oxygen atoms in total. The molecule has 0 amide bonds. The van der Waals surface area contributed by atoms with Crippen LogP contribution >= 0.6 is 0 Å². The van der Waals surface area contributed by atoms with Crippen molar-refractivity contribution in [1.82, 2.24) is 20.2 Å². The van der Waals surface area contributed by atoms with Crippen LogP contribution < -0.4 is 5.32 Å². The number of H-pyrrole nitrogens is 1. The van der Waals surface area contributed by atoms with Crippen molar-refractivity contribution in [3.63, 3.8) is 0 Å². The fourth-order valence-electron chi connectivity index (χ4n) is 4.46. The van der Waals surface area contributed by atoms with Crippen molar-refractivity contribution in [3.05, 3.63) is 95.8 Å². The van der Waals surface area contributed by atoms with Gasteiger partial charge >= 0.3 is 0 Å². The van der Waals surface area contributed by atoms with Crippen molar-refractivity contribution in [2.45, 2.75) is 25.3 Å². The predicted molar refractivity (Wildman–Crippen MR) is 123 cm³/mol. The predicted octanol–water partition coefficient (Wildman–Crippen LogP) is 5.10. The average Bonchev–Trinajstić information content (AvgIpc) is 3.27. The molecule has 0 unspecified atom stereocenters. The molecule has 1 aromatic heterocycles. The Morgan fingerprint density at radius 3 is 2.48 bits per heavy atom. The van der Waals surface area contributed by atoms with E-state index in [0.29, 0.717) is 5.92 Å². The number of halogens is 1. The Kier molecular flexibility index (Phi) is 5.67. The molecule has 0 saturated carbocycles. The van der Waals surface area contributed by atoms with E-state index in [2.05, 4.69) is 57.7 Å². The van der Waals surface area contributed by atoms with Gasteiger partial charge in [0.2, 0.25) is 0 Å². The van der Waals surface area contributed by atoms with Gasteiger partial charge in [-0.2, -0.15) is 0 Å². The van der Waals surface area contributed by atoms with Crippen molar-refractivity contribution < 1.29 is 4.39 Å². The van der Waals surface area contributed by atoms with Crippen LogP contribution in [0.1, 0.15) is 35.8 Å². The van der Waals surface area contributed by atoms with Gasteiger partial charge < -0.3 is 10.3 Å². The Morgan fingerprint density at radius 1 is 1.00 bits per heavy atom. The van der Waals surface area contributed by atoms with Gasteiger partial charge in [-0.15, -0.1) is 0 Å². The number of imidazole rings is 1. The van der Waals surface area contributed by atoms with Crippen LogP contribution in [-0.4, -0.2) is 34.5 Å². The zero-order chi connectivity index (χ0) is 21.0. The molecule has 3 heterocycles. The lowest BCUT2D eigenvalue weighted by Gasteiger charge is -2.31. The molecule has 0 aliphatic carbocycles. The van der Waals surface area contributed by atoms with Gasteiger partial charge in [-0.05, 0) is 73.6 Å². The van der Waals surface area contributed by atoms with Crippen molar-refractivity contribution in [2.75, 3.05) is 19.6 Å². The van der Waals surface area contributed by atoms with E-state index < -0.39 is 0 Å². The average molecular weight is 415 g/mol. The first-order chi connectivity index (χ1) is 15.3. The summed E-state index contributed by atoms with van der Waals surface area (Å²) in [5, 5.41) is 3.20. The molecule has 0 atom stereocenters. The van der Waals surface area contributed by atoms with Crippen molar-refractivity contribution >= 4 is 5.57 Å². The first-order valence-electron chi connectivity index (χ1n) is 11.0. The van der Waals surface area contributed by atoms with Gasteiger partial charge in [0.05, 0.1) is 11.4 Å². The summed E-state index contributed by atoms with van der Waals surface area (Å²) < 4.78 is 13.5. The number of likely N-dealkylation sites (tertiary alicyclic amines) is 1. The number of piperidine rings is 1. The second-order valence-corrected chi connectivity index (χ2v) is 8.29. The van der Waals surface area contributed by atoms with E-state index >= 15 is 0 Å². The minimum absolute atomic E-state index is 0.229. The Morgan fingerprint density at radius 2 is 1.77 bits per heavy atom. The summed E-state index contributed by atoms with van der Waals surface area (Å²) >= 11 is 0. The van der Waals surface area contributed by atoms with Crippen LogP contribution in [0.2, 0.25) is 0 Å². The van der Waals surface area contributed by atoms with Crippen LogP contribution in [0.15, 0.2) is 72.9 Å². The highest BCUT2D eigenvalue weighted by Crippen LogP contribution is 2.34. The lowest BCUT2D eigenvalue weighted by molar-refractivity contribution is 0.202. The number of allylic oxidation sites excluding steroid dienone is 2. The van der Waals surface area contributed by atoms with Crippen LogP contribution in [0.5, 0.6) is 0 Å². The normalized spacial score (nSPS) is 17.4. The molecule has 1 saturated heterocycles. The van der Waals surface area contributed by atoms with Gasteiger partial charge in [0.15, 0.2) is 0 Å². The Labute approximate surface area is 182 Å². The minimum atomic E-state index is -0.229. The van der Waals surface area contributed by atoms with E-state index in [1.807, 2.05) is 18.3 Å². The van der Waals surface area contributed by atoms with Crippen LogP contribution in [0.25, 0.3) is 16.8 Å². The number of aromatic amines is 1. The third-order valence-corrected chi connectivity index (χ3v) is 6.17. The standard InChI is InChI=1S/C26H27FN4/c27-23-8-6-20(7-9-23)24-25(21-10-14-28-15-11-21)30-26(29-24)22-12-16-31(17-13-22)18-19-4-2-1-3-5-19/h1-11,14,22,28H,12-13,15-18H2,(H,29,30). The van der Waals surface area contributed by atoms with E-state index in [1.54, 1.807) is 0 Å². The van der Waals surface area contributed by atoms with Gasteiger partial charge in [-0.3, -0.25) is 4.90 Å². The fraction of sp³-hybridized carbons (Fsp3) is 0.269. The fourth-order valence-corrected chi connectivity index (χ4v) is 4.46. The second kappa shape index (κ2) is 8.90. The summed E-state index contributed by atoms with van der Waals surface area (Å²) in [6.07, 6.45) is 8.35. The molecule has 5 heteroatoms. The van der Waals surface area contributed by atoms with E-state index in [9.17, 15) is 4.39 Å². The second-order valence-electron chi connectivity index (χ2n) is 8.29. The molecule has 2 aliphatic heterocycles. The number of benzene rings is 2. The number of rotatable bonds is 5. The van der Waals surface area contributed by atoms with E-state index in [-0.39, 0.29) is 5.82 Å². The van der Waals surface area contributed by atoms with Gasteiger partial charge in [0, 0.05) is 24.6 Å². The third kappa shape index (κ3) is 4.47. The molecule has 3 aromatic rings. The van der Waals surface area contributed by atoms with Crippen molar-refractivity contribution in [3.8, 4) is 11.3 Å². The lowest BCUT2D eigenvalue weighted by atomic mass is 9.96. The number of aromatic nitrogens is 2. The zero-order valence-corrected chi connectivity index (χ0v) is 17.5. The summed E-state index contributed by atoms with van der Waals surface area (Å²) in [6, 6.07) is 17.3. The molecular weight excluding hydrogens is 387 g/mol. The topological polar surface area (TPSA) is 44.0 Å². The SMILES string of the molecule is Fc1ccc(-c2nc(C3CCN(Cc4ccccc4)CC3)[nH]c2C2=CCNC=C2)cc1. The Bertz CT molecular complexity index is 1070. The molecule has 31 heavy (non-hydrogen) atoms. The van der Waals surface area contributed by atoms with Crippen LogP contribution in [-0.2, 0) is 6.54 Å². The van der Waals surface area contributed by atoms with E-state index in [4.69, 9.17) is 4.98 Å². The molecule has 0 spiro atoms. The van der Waals surface area contributed by atoms with Crippen molar-refractivity contribution in [2.24, 2.45) is 0 Å². The molecule has 0 radical (unpaired) electrons. The van der Waals surface area contributed by atoms with Crippen molar-refractivity contribution in [1.29, 1.82) is 0 Å². The Balaban J connectivity index is 1.37. The first kappa shape index (κ1) is 19.8. The Hall–Kier alpha value is -3.18. The van der Waals surface area contributed by atoms with Gasteiger partial charge in [-0.25, -0.2) is 9.37 Å². The van der Waals surface area contributed by atoms with Gasteiger partial charge in [0.25, 0.3) is 0 Å². The molecule has 2 N–H and O–H groups in total. The zero-order valence-electron chi connectivity index (χ0n) is 17.5. The molecule has 5 rings (SSSR count). The molecule has 0 bridgehead atoms. The number of hydrogen-bond acceptors (Lipinski definition) is 3. The summed E-state index contributed by atoms with van der Waals surface area (Å²) in [6.45, 7) is 3.92. The van der Waals surface area contributed by atoms with Crippen LogP contribution in [0.3, 0.4) is 0 Å². The summed E-state index contributed by atoms with van der Waals surface area (Å²) in [7, 11) is 0. The summed E-state index contributed by atoms with van der Waals surface area (Å²) in [4.78, 5) is 11.2. The summed E-state index contributed by atoms with van der Waals surface area (Å²) in [5.74, 6) is 1.22. The third-order valence-electron chi connectivity index (χ3n) is 6.17.